The lowest BCUT2D eigenvalue weighted by Crippen LogP contribution is -2.24. The van der Waals surface area contributed by atoms with Crippen LogP contribution >= 0.6 is 0 Å². The number of nitrogens with zero attached hydrogens (tertiary/aromatic N) is 3. The molecule has 2 N–H and O–H groups in total. The summed E-state index contributed by atoms with van der Waals surface area (Å²) in [6.07, 6.45) is 3.31. The van der Waals surface area contributed by atoms with Crippen molar-refractivity contribution in [3.63, 3.8) is 0 Å². The highest BCUT2D eigenvalue weighted by Crippen LogP contribution is 2.28. The average molecular weight is 451 g/mol. The van der Waals surface area contributed by atoms with Crippen LogP contribution in [0.15, 0.2) is 102 Å². The average Bonchev–Trinajstić information content (AvgIpc) is 3.36. The van der Waals surface area contributed by atoms with Crippen LogP contribution in [0.3, 0.4) is 0 Å². The summed E-state index contributed by atoms with van der Waals surface area (Å²) in [5, 5.41) is 20.9. The Balaban J connectivity index is 1.40. The van der Waals surface area contributed by atoms with Crippen molar-refractivity contribution >= 4 is 40.0 Å². The molecule has 3 aromatic carbocycles. The first-order valence-corrected chi connectivity index (χ1v) is 11.3. The molecule has 0 bridgehead atoms. The molecule has 170 valence electrons. The van der Waals surface area contributed by atoms with E-state index in [-0.39, 0.29) is 5.91 Å². The number of amides is 1. The zero-order chi connectivity index (χ0) is 23.5. The van der Waals surface area contributed by atoms with Crippen LogP contribution in [0.4, 0.5) is 11.4 Å². The molecule has 1 amide bonds. The smallest absolute Gasteiger partial charge is 0.280 e. The van der Waals surface area contributed by atoms with Gasteiger partial charge in [-0.1, -0.05) is 54.6 Å². The van der Waals surface area contributed by atoms with Gasteiger partial charge in [0.15, 0.2) is 0 Å². The Hall–Kier alpha value is -4.16. The standard InChI is InChI=1S/C28H26N4O2/c1-20-26(28(34)32(30-20)23-12-6-3-7-13-23)16-21-18-31(27-15-9-8-14-25(21)27)19-24(33)17-29-22-10-4-2-5-11-22/h2-16,18,24,29,33H,17,19H2,1H3. The van der Waals surface area contributed by atoms with E-state index in [0.717, 1.165) is 27.8 Å². The number of carbonyl (C=O) groups excluding carboxylic acids is 1. The van der Waals surface area contributed by atoms with Crippen molar-refractivity contribution in [2.45, 2.75) is 19.6 Å². The van der Waals surface area contributed by atoms with Gasteiger partial charge in [-0.15, -0.1) is 0 Å². The Kier molecular flexibility index (Phi) is 5.97. The Morgan fingerprint density at radius 3 is 2.41 bits per heavy atom. The molecule has 0 aliphatic carbocycles. The van der Waals surface area contributed by atoms with Crippen molar-refractivity contribution in [1.29, 1.82) is 0 Å². The second-order valence-electron chi connectivity index (χ2n) is 8.35. The number of benzene rings is 3. The summed E-state index contributed by atoms with van der Waals surface area (Å²) in [5.74, 6) is -0.146. The number of aliphatic hydroxyl groups excluding tert-OH is 1. The van der Waals surface area contributed by atoms with Crippen LogP contribution in [-0.4, -0.2) is 33.9 Å². The largest absolute Gasteiger partial charge is 0.389 e. The fourth-order valence-corrected chi connectivity index (χ4v) is 4.21. The van der Waals surface area contributed by atoms with Gasteiger partial charge in [0, 0.05) is 34.9 Å². The van der Waals surface area contributed by atoms with E-state index in [9.17, 15) is 9.90 Å². The summed E-state index contributed by atoms with van der Waals surface area (Å²) in [5.41, 5.74) is 4.89. The molecular formula is C28H26N4O2. The molecule has 0 fully saturated rings. The first-order chi connectivity index (χ1) is 16.6. The second kappa shape index (κ2) is 9.37. The Labute approximate surface area is 198 Å². The number of aliphatic hydroxyl groups is 1. The third kappa shape index (κ3) is 4.36. The molecule has 1 aliphatic heterocycles. The fraction of sp³-hybridized carbons (Fsp3) is 0.143. The minimum Gasteiger partial charge on any atom is -0.389 e. The Morgan fingerprint density at radius 1 is 0.971 bits per heavy atom. The number of hydrazone groups is 1. The molecule has 1 unspecified atom stereocenters. The molecule has 6 heteroatoms. The van der Waals surface area contributed by atoms with Gasteiger partial charge in [-0.25, -0.2) is 0 Å². The van der Waals surface area contributed by atoms with Gasteiger partial charge in [0.25, 0.3) is 5.91 Å². The third-order valence-electron chi connectivity index (χ3n) is 5.91. The molecule has 6 nitrogen and oxygen atoms in total. The zero-order valence-corrected chi connectivity index (χ0v) is 18.9. The van der Waals surface area contributed by atoms with Crippen LogP contribution in [0.5, 0.6) is 0 Å². The summed E-state index contributed by atoms with van der Waals surface area (Å²) in [4.78, 5) is 13.1. The van der Waals surface area contributed by atoms with Crippen molar-refractivity contribution in [2.24, 2.45) is 5.10 Å². The maximum Gasteiger partial charge on any atom is 0.280 e. The number of aromatic nitrogens is 1. The van der Waals surface area contributed by atoms with Gasteiger partial charge in [-0.05, 0) is 43.3 Å². The molecule has 0 saturated carbocycles. The van der Waals surface area contributed by atoms with E-state index < -0.39 is 6.10 Å². The van der Waals surface area contributed by atoms with Crippen molar-refractivity contribution in [1.82, 2.24) is 4.57 Å². The maximum absolute atomic E-state index is 13.1. The summed E-state index contributed by atoms with van der Waals surface area (Å²) in [6, 6.07) is 27.3. The van der Waals surface area contributed by atoms with Gasteiger partial charge in [0.2, 0.25) is 0 Å². The lowest BCUT2D eigenvalue weighted by atomic mass is 10.1. The minimum absolute atomic E-state index is 0.146. The Bertz CT molecular complexity index is 1370. The second-order valence-corrected chi connectivity index (χ2v) is 8.35. The van der Waals surface area contributed by atoms with Crippen LogP contribution in [0, 0.1) is 0 Å². The number of hydrogen-bond donors (Lipinski definition) is 2. The van der Waals surface area contributed by atoms with Crippen LogP contribution in [0.25, 0.3) is 17.0 Å². The molecule has 5 rings (SSSR count). The highest BCUT2D eigenvalue weighted by atomic mass is 16.3. The van der Waals surface area contributed by atoms with E-state index in [0.29, 0.717) is 24.4 Å². The molecule has 1 aliphatic rings. The minimum atomic E-state index is -0.582. The van der Waals surface area contributed by atoms with Crippen LogP contribution in [0.2, 0.25) is 0 Å². The number of anilines is 2. The molecule has 0 saturated heterocycles. The SMILES string of the molecule is CC1=NN(c2ccccc2)C(=O)C1=Cc1cn(CC(O)CNc2ccccc2)c2ccccc12. The normalized spacial score (nSPS) is 15.7. The van der Waals surface area contributed by atoms with E-state index in [1.807, 2.05) is 109 Å². The predicted octanol–water partition coefficient (Wildman–Crippen LogP) is 4.92. The number of nitrogens with one attached hydrogen (secondary N) is 1. The first kappa shape index (κ1) is 21.7. The molecule has 4 aromatic rings. The number of carbonyl (C=O) groups is 1. The van der Waals surface area contributed by atoms with Crippen LogP contribution in [0.1, 0.15) is 12.5 Å². The van der Waals surface area contributed by atoms with E-state index in [1.165, 1.54) is 5.01 Å². The molecule has 1 aromatic heterocycles. The van der Waals surface area contributed by atoms with Crippen molar-refractivity contribution in [3.8, 4) is 0 Å². The van der Waals surface area contributed by atoms with E-state index in [2.05, 4.69) is 10.4 Å². The number of para-hydroxylation sites is 3. The lowest BCUT2D eigenvalue weighted by molar-refractivity contribution is -0.114. The van der Waals surface area contributed by atoms with Crippen LogP contribution in [-0.2, 0) is 11.3 Å². The third-order valence-corrected chi connectivity index (χ3v) is 5.91. The monoisotopic (exact) mass is 450 g/mol. The zero-order valence-electron chi connectivity index (χ0n) is 18.9. The van der Waals surface area contributed by atoms with Gasteiger partial charge < -0.3 is 15.0 Å². The van der Waals surface area contributed by atoms with Crippen molar-refractivity contribution < 1.29 is 9.90 Å². The van der Waals surface area contributed by atoms with Gasteiger partial charge >= 0.3 is 0 Å². The topological polar surface area (TPSA) is 69.9 Å². The van der Waals surface area contributed by atoms with Gasteiger partial charge in [0.05, 0.1) is 29.6 Å². The first-order valence-electron chi connectivity index (χ1n) is 11.3. The summed E-state index contributed by atoms with van der Waals surface area (Å²) < 4.78 is 2.04. The fourth-order valence-electron chi connectivity index (χ4n) is 4.21. The molecule has 1 atom stereocenters. The van der Waals surface area contributed by atoms with Crippen LogP contribution < -0.4 is 10.3 Å². The number of fused-ring (bicyclic) bond motifs is 1. The molecule has 0 spiro atoms. The van der Waals surface area contributed by atoms with Gasteiger partial charge in [-0.3, -0.25) is 4.79 Å². The molecule has 34 heavy (non-hydrogen) atoms. The highest BCUT2D eigenvalue weighted by molar-refractivity contribution is 6.32. The molecular weight excluding hydrogens is 424 g/mol. The summed E-state index contributed by atoms with van der Waals surface area (Å²) >= 11 is 0. The number of rotatable bonds is 7. The quantitative estimate of drug-likeness (QED) is 0.393. The highest BCUT2D eigenvalue weighted by Gasteiger charge is 2.29. The van der Waals surface area contributed by atoms with E-state index in [4.69, 9.17) is 0 Å². The summed E-state index contributed by atoms with van der Waals surface area (Å²) in [7, 11) is 0. The van der Waals surface area contributed by atoms with Crippen molar-refractivity contribution in [3.05, 3.63) is 102 Å². The van der Waals surface area contributed by atoms with Gasteiger partial charge in [-0.2, -0.15) is 10.1 Å². The van der Waals surface area contributed by atoms with E-state index >= 15 is 0 Å². The number of hydrogen-bond acceptors (Lipinski definition) is 4. The maximum atomic E-state index is 13.1. The van der Waals surface area contributed by atoms with E-state index in [1.54, 1.807) is 0 Å². The van der Waals surface area contributed by atoms with Gasteiger partial charge in [0.1, 0.15) is 0 Å². The molecule has 0 radical (unpaired) electrons. The predicted molar refractivity (Wildman–Crippen MR) is 138 cm³/mol. The lowest BCUT2D eigenvalue weighted by Gasteiger charge is -2.14. The molecule has 2 heterocycles. The van der Waals surface area contributed by atoms with Crippen molar-refractivity contribution in [2.75, 3.05) is 16.9 Å². The Morgan fingerprint density at radius 2 is 1.65 bits per heavy atom. The summed E-state index contributed by atoms with van der Waals surface area (Å²) in [6.45, 7) is 2.72.